The summed E-state index contributed by atoms with van der Waals surface area (Å²) < 4.78 is 27.7. The minimum atomic E-state index is -3.78. The van der Waals surface area contributed by atoms with E-state index in [9.17, 15) is 18.5 Å². The summed E-state index contributed by atoms with van der Waals surface area (Å²) >= 11 is 0. The van der Waals surface area contributed by atoms with Crippen molar-refractivity contribution in [2.24, 2.45) is 0 Å². The first kappa shape index (κ1) is 25.6. The Hall–Kier alpha value is -1.47. The number of non-ortho nitro benzene ring substituents is 1. The largest absolute Gasteiger partial charge is 0.270 e. The van der Waals surface area contributed by atoms with Crippen LogP contribution < -0.4 is 0 Å². The molecule has 1 aromatic rings. The van der Waals surface area contributed by atoms with Crippen molar-refractivity contribution < 1.29 is 13.3 Å². The number of hydrogen-bond acceptors (Lipinski definition) is 4. The summed E-state index contributed by atoms with van der Waals surface area (Å²) in [6.07, 6.45) is 13.0. The molecule has 0 amide bonds. The number of unbranched alkanes of at least 4 members (excludes halogenated alkanes) is 10. The number of hydrogen-bond donors (Lipinski definition) is 0. The Bertz CT molecular complexity index is 676. The zero-order valence-electron chi connectivity index (χ0n) is 18.1. The number of nitro benzene ring substituents is 1. The highest BCUT2D eigenvalue weighted by Gasteiger charge is 2.25. The molecule has 29 heavy (non-hydrogen) atoms. The summed E-state index contributed by atoms with van der Waals surface area (Å²) in [4.78, 5) is 10.3. The van der Waals surface area contributed by atoms with Crippen molar-refractivity contribution in [2.45, 2.75) is 95.8 Å². The van der Waals surface area contributed by atoms with E-state index in [0.29, 0.717) is 13.1 Å². The average Bonchev–Trinajstić information content (AvgIpc) is 2.71. The second-order valence-corrected chi connectivity index (χ2v) is 9.51. The highest BCUT2D eigenvalue weighted by molar-refractivity contribution is 7.89. The SMILES string of the molecule is CCCCCCCCN(CCCCCCCC)S(=O)(=O)c1[c]ccc([N+](=O)[O-])c1. The lowest BCUT2D eigenvalue weighted by molar-refractivity contribution is -0.385. The minimum absolute atomic E-state index is 0.108. The van der Waals surface area contributed by atoms with E-state index in [0.717, 1.165) is 44.6 Å². The summed E-state index contributed by atoms with van der Waals surface area (Å²) in [7, 11) is -3.78. The maximum absolute atomic E-state index is 13.1. The van der Waals surface area contributed by atoms with Gasteiger partial charge in [0.1, 0.15) is 0 Å². The quantitative estimate of drug-likeness (QED) is 0.171. The predicted octanol–water partition coefficient (Wildman–Crippen LogP) is 6.11. The molecule has 6 nitrogen and oxygen atoms in total. The highest BCUT2D eigenvalue weighted by Crippen LogP contribution is 2.22. The molecule has 0 spiro atoms. The van der Waals surface area contributed by atoms with Gasteiger partial charge in [-0.15, -0.1) is 0 Å². The van der Waals surface area contributed by atoms with Gasteiger partial charge in [-0.3, -0.25) is 10.1 Å². The molecule has 0 fully saturated rings. The summed E-state index contributed by atoms with van der Waals surface area (Å²) in [6, 6.07) is 6.39. The van der Waals surface area contributed by atoms with E-state index in [2.05, 4.69) is 19.9 Å². The monoisotopic (exact) mass is 425 g/mol. The molecule has 0 bridgehead atoms. The summed E-state index contributed by atoms with van der Waals surface area (Å²) in [5, 5.41) is 11.0. The predicted molar refractivity (Wildman–Crippen MR) is 117 cm³/mol. The van der Waals surface area contributed by atoms with Gasteiger partial charge in [0.05, 0.1) is 9.82 Å². The molecule has 0 heterocycles. The van der Waals surface area contributed by atoms with Crippen molar-refractivity contribution in [3.05, 3.63) is 34.4 Å². The molecule has 0 saturated carbocycles. The van der Waals surface area contributed by atoms with Gasteiger partial charge in [0.2, 0.25) is 10.0 Å². The van der Waals surface area contributed by atoms with Crippen LogP contribution in [0.1, 0.15) is 90.9 Å². The first-order valence-corrected chi connectivity index (χ1v) is 12.5. The molecule has 1 aromatic carbocycles. The topological polar surface area (TPSA) is 80.5 Å². The van der Waals surface area contributed by atoms with Crippen LogP contribution in [0.3, 0.4) is 0 Å². The van der Waals surface area contributed by atoms with E-state index in [1.54, 1.807) is 0 Å². The minimum Gasteiger partial charge on any atom is -0.258 e. The van der Waals surface area contributed by atoms with Gasteiger partial charge in [0.25, 0.3) is 5.69 Å². The lowest BCUT2D eigenvalue weighted by Gasteiger charge is -2.22. The van der Waals surface area contributed by atoms with Crippen LogP contribution in [0.2, 0.25) is 0 Å². The third-order valence-electron chi connectivity index (χ3n) is 5.11. The smallest absolute Gasteiger partial charge is 0.258 e. The molecule has 0 aliphatic rings. The van der Waals surface area contributed by atoms with Crippen LogP contribution in [-0.4, -0.2) is 30.7 Å². The van der Waals surface area contributed by atoms with Crippen molar-refractivity contribution in [1.82, 2.24) is 4.31 Å². The Morgan fingerprint density at radius 2 is 1.38 bits per heavy atom. The molecule has 0 aromatic heterocycles. The standard InChI is InChI=1S/C22H37N2O4S/c1-3-5-7-9-11-13-18-23(19-14-12-10-8-6-4-2)29(27,28)22-17-15-16-21(20-22)24(25)26/h15-16,20H,3-14,18-19H2,1-2H3. The molecule has 0 aliphatic heterocycles. The van der Waals surface area contributed by atoms with Crippen LogP contribution in [0.15, 0.2) is 23.1 Å². The molecule has 0 unspecified atom stereocenters. The van der Waals surface area contributed by atoms with Gasteiger partial charge in [-0.05, 0) is 18.9 Å². The van der Waals surface area contributed by atoms with Crippen molar-refractivity contribution in [3.63, 3.8) is 0 Å². The molecular weight excluding hydrogens is 388 g/mol. The fraction of sp³-hybridized carbons (Fsp3) is 0.727. The van der Waals surface area contributed by atoms with Crippen LogP contribution in [0.4, 0.5) is 5.69 Å². The lowest BCUT2D eigenvalue weighted by Crippen LogP contribution is -2.33. The molecule has 1 rings (SSSR count). The van der Waals surface area contributed by atoms with Gasteiger partial charge in [-0.1, -0.05) is 78.1 Å². The fourth-order valence-corrected chi connectivity index (χ4v) is 4.83. The Kier molecular flexibility index (Phi) is 12.8. The van der Waals surface area contributed by atoms with Crippen molar-refractivity contribution >= 4 is 15.7 Å². The molecule has 0 saturated heterocycles. The van der Waals surface area contributed by atoms with Crippen molar-refractivity contribution in [1.29, 1.82) is 0 Å². The van der Waals surface area contributed by atoms with Gasteiger partial charge < -0.3 is 0 Å². The van der Waals surface area contributed by atoms with Crippen molar-refractivity contribution in [2.75, 3.05) is 13.1 Å². The Morgan fingerprint density at radius 1 is 0.897 bits per heavy atom. The van der Waals surface area contributed by atoms with Crippen LogP contribution in [0.5, 0.6) is 0 Å². The van der Waals surface area contributed by atoms with Crippen LogP contribution >= 0.6 is 0 Å². The third kappa shape index (κ3) is 9.72. The normalized spacial score (nSPS) is 11.8. The number of sulfonamides is 1. The summed E-state index contributed by atoms with van der Waals surface area (Å²) in [6.45, 7) is 5.26. The lowest BCUT2D eigenvalue weighted by atomic mass is 10.1. The average molecular weight is 426 g/mol. The second kappa shape index (κ2) is 14.5. The fourth-order valence-electron chi connectivity index (χ4n) is 3.32. The Morgan fingerprint density at radius 3 is 1.86 bits per heavy atom. The Balaban J connectivity index is 2.75. The second-order valence-electron chi connectivity index (χ2n) is 7.61. The molecular formula is C22H37N2O4S. The van der Waals surface area contributed by atoms with Gasteiger partial charge in [-0.2, -0.15) is 4.31 Å². The third-order valence-corrected chi connectivity index (χ3v) is 6.95. The van der Waals surface area contributed by atoms with Crippen LogP contribution in [0, 0.1) is 16.2 Å². The zero-order valence-corrected chi connectivity index (χ0v) is 18.9. The first-order chi connectivity index (χ1) is 13.9. The van der Waals surface area contributed by atoms with E-state index in [-0.39, 0.29) is 10.6 Å². The highest BCUT2D eigenvalue weighted by atomic mass is 32.2. The maximum Gasteiger partial charge on any atom is 0.270 e. The van der Waals surface area contributed by atoms with Gasteiger partial charge in [0.15, 0.2) is 0 Å². The summed E-state index contributed by atoms with van der Waals surface area (Å²) in [5.41, 5.74) is -0.221. The van der Waals surface area contributed by atoms with Gasteiger partial charge in [-0.25, -0.2) is 8.42 Å². The van der Waals surface area contributed by atoms with Gasteiger partial charge in [0, 0.05) is 31.3 Å². The van der Waals surface area contributed by atoms with E-state index in [1.807, 2.05) is 0 Å². The van der Waals surface area contributed by atoms with Gasteiger partial charge >= 0.3 is 0 Å². The van der Waals surface area contributed by atoms with Crippen LogP contribution in [-0.2, 0) is 10.0 Å². The number of nitro groups is 1. The first-order valence-electron chi connectivity index (χ1n) is 11.1. The molecule has 7 heteroatoms. The number of nitrogens with zero attached hydrogens (tertiary/aromatic N) is 2. The molecule has 0 N–H and O–H groups in total. The number of benzene rings is 1. The maximum atomic E-state index is 13.1. The Labute approximate surface area is 176 Å². The number of rotatable bonds is 17. The molecule has 0 atom stereocenters. The van der Waals surface area contributed by atoms with Crippen LogP contribution in [0.25, 0.3) is 0 Å². The molecule has 1 radical (unpaired) electrons. The van der Waals surface area contributed by atoms with Crippen molar-refractivity contribution in [3.8, 4) is 0 Å². The van der Waals surface area contributed by atoms with E-state index in [4.69, 9.17) is 0 Å². The zero-order chi connectivity index (χ0) is 21.5. The summed E-state index contributed by atoms with van der Waals surface area (Å²) in [5.74, 6) is 0. The molecule has 165 valence electrons. The molecule has 0 aliphatic carbocycles. The van der Waals surface area contributed by atoms with E-state index in [1.165, 1.54) is 55.0 Å². The van der Waals surface area contributed by atoms with E-state index < -0.39 is 14.9 Å². The van der Waals surface area contributed by atoms with E-state index >= 15 is 0 Å².